The van der Waals surface area contributed by atoms with Crippen molar-refractivity contribution in [2.45, 2.75) is 65.2 Å². The van der Waals surface area contributed by atoms with E-state index in [2.05, 4.69) is 15.2 Å². The Hall–Kier alpha value is -1.68. The number of nitrogens with zero attached hydrogens (tertiary/aromatic N) is 1. The summed E-state index contributed by atoms with van der Waals surface area (Å²) in [5.74, 6) is -0.500. The van der Waals surface area contributed by atoms with Crippen LogP contribution < -0.4 is 10.6 Å². The lowest BCUT2D eigenvalue weighted by molar-refractivity contribution is -0.155. The van der Waals surface area contributed by atoms with E-state index >= 15 is 0 Å². The quantitative estimate of drug-likeness (QED) is 0.322. The molecule has 3 amide bonds. The van der Waals surface area contributed by atoms with Crippen LogP contribution in [0.1, 0.15) is 53.5 Å². The first-order valence-electron chi connectivity index (χ1n) is 11.4. The van der Waals surface area contributed by atoms with Crippen LogP contribution >= 0.6 is 19.4 Å². The highest BCUT2D eigenvalue weighted by atomic mass is 35.5. The zero-order valence-corrected chi connectivity index (χ0v) is 22.7. The average Bonchev–Trinajstić information content (AvgIpc) is 2.70. The van der Waals surface area contributed by atoms with E-state index in [4.69, 9.17) is 21.4 Å². The van der Waals surface area contributed by atoms with Crippen LogP contribution in [0.4, 0.5) is 4.79 Å². The van der Waals surface area contributed by atoms with Gasteiger partial charge in [-0.25, -0.2) is 9.36 Å². The third kappa shape index (κ3) is 7.65. The lowest BCUT2D eigenvalue weighted by atomic mass is 9.66. The highest BCUT2D eigenvalue weighted by Gasteiger charge is 2.50. The zero-order valence-electron chi connectivity index (χ0n) is 21.0. The molecule has 35 heavy (non-hydrogen) atoms. The highest BCUT2D eigenvalue weighted by molar-refractivity contribution is 7.46. The molecule has 2 unspecified atom stereocenters. The molecule has 10 nitrogen and oxygen atoms in total. The summed E-state index contributed by atoms with van der Waals surface area (Å²) in [7, 11) is -4.73. The van der Waals surface area contributed by atoms with E-state index in [-0.39, 0.29) is 24.9 Å². The number of phosphoric acid groups is 1. The summed E-state index contributed by atoms with van der Waals surface area (Å²) in [6, 6.07) is 5.55. The van der Waals surface area contributed by atoms with Crippen molar-refractivity contribution in [3.63, 3.8) is 0 Å². The zero-order chi connectivity index (χ0) is 26.8. The maximum Gasteiger partial charge on any atom is 0.470 e. The molecule has 1 aromatic carbocycles. The number of piperidine rings is 1. The second kappa shape index (κ2) is 10.7. The minimum absolute atomic E-state index is 0.187. The number of benzene rings is 1. The van der Waals surface area contributed by atoms with Crippen molar-refractivity contribution in [2.75, 3.05) is 19.6 Å². The van der Waals surface area contributed by atoms with Gasteiger partial charge in [0.15, 0.2) is 0 Å². The Balaban J connectivity index is 2.08. The van der Waals surface area contributed by atoms with Crippen molar-refractivity contribution in [1.82, 2.24) is 15.5 Å². The molecular weight excluding hydrogens is 497 g/mol. The molecule has 1 aliphatic heterocycles. The Kier molecular flexibility index (Phi) is 9.07. The molecule has 1 aliphatic rings. The molecule has 0 aliphatic carbocycles. The minimum Gasteiger partial charge on any atom is -0.384 e. The van der Waals surface area contributed by atoms with Crippen molar-refractivity contribution in [3.8, 4) is 0 Å². The number of urea groups is 1. The van der Waals surface area contributed by atoms with Crippen molar-refractivity contribution in [1.29, 1.82) is 0 Å². The van der Waals surface area contributed by atoms with Gasteiger partial charge in [0.05, 0.1) is 11.2 Å². The predicted molar refractivity (Wildman–Crippen MR) is 133 cm³/mol. The SMILES string of the molecule is CC(C)C(NC(=O)NCC(C)(C)OP(=O)(O)O)C(=O)N1CCC(O)(c2ccc(Cl)cc2)C(C)(C)C1. The van der Waals surface area contributed by atoms with Crippen LogP contribution in [0.5, 0.6) is 0 Å². The van der Waals surface area contributed by atoms with E-state index in [0.29, 0.717) is 18.0 Å². The van der Waals surface area contributed by atoms with Gasteiger partial charge in [-0.15, -0.1) is 0 Å². The van der Waals surface area contributed by atoms with Gasteiger partial charge < -0.3 is 30.4 Å². The number of aliphatic hydroxyl groups is 1. The van der Waals surface area contributed by atoms with E-state index in [1.165, 1.54) is 13.8 Å². The van der Waals surface area contributed by atoms with Crippen molar-refractivity contribution in [3.05, 3.63) is 34.9 Å². The molecule has 1 heterocycles. The van der Waals surface area contributed by atoms with E-state index < -0.39 is 36.5 Å². The maximum absolute atomic E-state index is 13.4. The number of nitrogens with one attached hydrogen (secondary N) is 2. The number of carbonyl (C=O) groups excluding carboxylic acids is 2. The van der Waals surface area contributed by atoms with Crippen LogP contribution in [0.15, 0.2) is 24.3 Å². The number of phosphoric ester groups is 1. The fourth-order valence-corrected chi connectivity index (χ4v) is 5.16. The number of hydrogen-bond acceptors (Lipinski definition) is 5. The van der Waals surface area contributed by atoms with E-state index in [9.17, 15) is 19.3 Å². The number of halogens is 1. The van der Waals surface area contributed by atoms with Crippen LogP contribution in [0.3, 0.4) is 0 Å². The first kappa shape index (κ1) is 29.5. The number of amides is 3. The van der Waals surface area contributed by atoms with Gasteiger partial charge in [-0.1, -0.05) is 51.4 Å². The first-order chi connectivity index (χ1) is 15.9. The molecule has 2 rings (SSSR count). The molecule has 5 N–H and O–H groups in total. The molecule has 0 aromatic heterocycles. The molecular formula is C23H37ClN3O7P. The predicted octanol–water partition coefficient (Wildman–Crippen LogP) is 3.00. The second-order valence-corrected chi connectivity index (χ2v) is 12.3. The summed E-state index contributed by atoms with van der Waals surface area (Å²) in [6.45, 7) is 10.7. The van der Waals surface area contributed by atoms with E-state index in [1.54, 1.807) is 29.2 Å². The summed E-state index contributed by atoms with van der Waals surface area (Å²) in [5.41, 5.74) is -2.42. The number of likely N-dealkylation sites (tertiary alicyclic amines) is 1. The third-order valence-electron chi connectivity index (χ3n) is 6.34. The van der Waals surface area contributed by atoms with Gasteiger partial charge in [0.25, 0.3) is 0 Å². The molecule has 0 saturated carbocycles. The van der Waals surface area contributed by atoms with Crippen molar-refractivity contribution in [2.24, 2.45) is 11.3 Å². The fraction of sp³-hybridized carbons (Fsp3) is 0.652. The molecule has 0 radical (unpaired) electrons. The summed E-state index contributed by atoms with van der Waals surface area (Å²) in [6.07, 6.45) is 0.318. The van der Waals surface area contributed by atoms with Crippen molar-refractivity contribution >= 4 is 31.4 Å². The van der Waals surface area contributed by atoms with Gasteiger partial charge in [0, 0.05) is 30.1 Å². The van der Waals surface area contributed by atoms with Crippen LogP contribution in [-0.4, -0.2) is 63.0 Å². The maximum atomic E-state index is 13.4. The minimum atomic E-state index is -4.73. The Morgan fingerprint density at radius 2 is 1.80 bits per heavy atom. The molecule has 0 bridgehead atoms. The molecule has 0 spiro atoms. The first-order valence-corrected chi connectivity index (χ1v) is 13.4. The van der Waals surface area contributed by atoms with E-state index in [1.807, 2.05) is 27.7 Å². The van der Waals surface area contributed by atoms with Crippen LogP contribution in [-0.2, 0) is 19.5 Å². The van der Waals surface area contributed by atoms with Gasteiger partial charge in [-0.3, -0.25) is 9.32 Å². The topological polar surface area (TPSA) is 148 Å². The molecule has 12 heteroatoms. The number of carbonyl (C=O) groups is 2. The van der Waals surface area contributed by atoms with Crippen LogP contribution in [0, 0.1) is 11.3 Å². The van der Waals surface area contributed by atoms with Gasteiger partial charge in [-0.05, 0) is 43.9 Å². The normalized spacial score (nSPS) is 21.5. The molecule has 198 valence electrons. The molecule has 1 fully saturated rings. The molecule has 1 aromatic rings. The summed E-state index contributed by atoms with van der Waals surface area (Å²) < 4.78 is 15.8. The Labute approximate surface area is 211 Å². The second-order valence-electron chi connectivity index (χ2n) is 10.7. The Morgan fingerprint density at radius 1 is 1.23 bits per heavy atom. The lowest BCUT2D eigenvalue weighted by Gasteiger charge is -2.51. The third-order valence-corrected chi connectivity index (χ3v) is 7.33. The standard InChI is InChI=1S/C23H37ClN3O7P/c1-15(2)18(26-20(29)25-13-22(5,6)34-35(31,32)33)19(28)27-12-11-23(30,21(3,4)14-27)16-7-9-17(24)10-8-16/h7-10,15,18,30H,11-14H2,1-6H3,(H2,25,26,29)(H2,31,32,33). The molecule has 1 saturated heterocycles. The van der Waals surface area contributed by atoms with Crippen LogP contribution in [0.2, 0.25) is 5.02 Å². The summed E-state index contributed by atoms with van der Waals surface area (Å²) in [4.78, 5) is 45.6. The van der Waals surface area contributed by atoms with Gasteiger partial charge in [0.2, 0.25) is 5.91 Å². The van der Waals surface area contributed by atoms with Crippen molar-refractivity contribution < 1.29 is 33.6 Å². The largest absolute Gasteiger partial charge is 0.470 e. The summed E-state index contributed by atoms with van der Waals surface area (Å²) >= 11 is 6.00. The Bertz CT molecular complexity index is 964. The fourth-order valence-electron chi connectivity index (χ4n) is 4.32. The number of hydrogen-bond donors (Lipinski definition) is 5. The van der Waals surface area contributed by atoms with Crippen LogP contribution in [0.25, 0.3) is 0 Å². The van der Waals surface area contributed by atoms with Gasteiger partial charge >= 0.3 is 13.9 Å². The molecule has 2 atom stereocenters. The lowest BCUT2D eigenvalue weighted by Crippen LogP contribution is -2.61. The van der Waals surface area contributed by atoms with Gasteiger partial charge in [-0.2, -0.15) is 0 Å². The monoisotopic (exact) mass is 533 g/mol. The van der Waals surface area contributed by atoms with E-state index in [0.717, 1.165) is 5.56 Å². The highest BCUT2D eigenvalue weighted by Crippen LogP contribution is 2.46. The summed E-state index contributed by atoms with van der Waals surface area (Å²) in [5, 5.41) is 17.3. The Morgan fingerprint density at radius 3 is 2.29 bits per heavy atom. The average molecular weight is 534 g/mol. The van der Waals surface area contributed by atoms with Gasteiger partial charge in [0.1, 0.15) is 6.04 Å². The smallest absolute Gasteiger partial charge is 0.384 e. The number of rotatable bonds is 8.